The minimum Gasteiger partial charge on any atom is -0.495 e. The molecule has 3 rings (SSSR count). The molecule has 2 aromatic carbocycles. The minimum absolute atomic E-state index is 0.149. The first-order valence-corrected chi connectivity index (χ1v) is 10.6. The molecule has 28 heavy (non-hydrogen) atoms. The maximum atomic E-state index is 12.7. The highest BCUT2D eigenvalue weighted by Gasteiger charge is 2.28. The van der Waals surface area contributed by atoms with Gasteiger partial charge in [0.1, 0.15) is 5.75 Å². The second kappa shape index (κ2) is 8.62. The number of para-hydroxylation sites is 2. The van der Waals surface area contributed by atoms with Crippen molar-refractivity contribution in [1.29, 1.82) is 0 Å². The lowest BCUT2D eigenvalue weighted by molar-refractivity contribution is -0.132. The van der Waals surface area contributed by atoms with Crippen LogP contribution in [0.5, 0.6) is 5.75 Å². The molecule has 1 fully saturated rings. The standard InChI is InChI=1S/C20H25N3O4S/c1-16(21-28(25,26)17-8-4-3-5-9-17)20(24)23-14-12-22(13-15-23)18-10-6-7-11-19(18)27-2/h3-11,16,21H,12-15H2,1-2H3/t16-/m0/s1. The van der Waals surface area contributed by atoms with Gasteiger partial charge in [-0.25, -0.2) is 8.42 Å². The van der Waals surface area contributed by atoms with Crippen LogP contribution in [0.3, 0.4) is 0 Å². The van der Waals surface area contributed by atoms with Crippen molar-refractivity contribution >= 4 is 21.6 Å². The highest BCUT2D eigenvalue weighted by atomic mass is 32.2. The van der Waals surface area contributed by atoms with Gasteiger partial charge in [0.05, 0.1) is 23.7 Å². The zero-order valence-electron chi connectivity index (χ0n) is 16.0. The van der Waals surface area contributed by atoms with Crippen LogP contribution < -0.4 is 14.4 Å². The van der Waals surface area contributed by atoms with Crippen LogP contribution in [0.2, 0.25) is 0 Å². The summed E-state index contributed by atoms with van der Waals surface area (Å²) in [5, 5.41) is 0. The monoisotopic (exact) mass is 403 g/mol. The van der Waals surface area contributed by atoms with Crippen molar-refractivity contribution in [1.82, 2.24) is 9.62 Å². The number of benzene rings is 2. The number of nitrogens with one attached hydrogen (secondary N) is 1. The van der Waals surface area contributed by atoms with Gasteiger partial charge in [0.15, 0.2) is 0 Å². The van der Waals surface area contributed by atoms with Crippen molar-refractivity contribution in [2.75, 3.05) is 38.2 Å². The van der Waals surface area contributed by atoms with Gasteiger partial charge in [-0.3, -0.25) is 4.79 Å². The molecule has 2 aromatic rings. The molecule has 0 unspecified atom stereocenters. The van der Waals surface area contributed by atoms with Crippen molar-refractivity contribution in [3.63, 3.8) is 0 Å². The van der Waals surface area contributed by atoms with Gasteiger partial charge >= 0.3 is 0 Å². The van der Waals surface area contributed by atoms with E-state index in [9.17, 15) is 13.2 Å². The Morgan fingerprint density at radius 1 is 1.00 bits per heavy atom. The number of ether oxygens (including phenoxy) is 1. The topological polar surface area (TPSA) is 79.0 Å². The molecule has 1 N–H and O–H groups in total. The third-order valence-electron chi connectivity index (χ3n) is 4.77. The summed E-state index contributed by atoms with van der Waals surface area (Å²) in [6.45, 7) is 3.94. The van der Waals surface area contributed by atoms with Crippen molar-refractivity contribution < 1.29 is 17.9 Å². The summed E-state index contributed by atoms with van der Waals surface area (Å²) in [5.41, 5.74) is 0.995. The second-order valence-electron chi connectivity index (χ2n) is 6.64. The first-order valence-electron chi connectivity index (χ1n) is 9.16. The summed E-state index contributed by atoms with van der Waals surface area (Å²) >= 11 is 0. The van der Waals surface area contributed by atoms with Gasteiger partial charge in [-0.2, -0.15) is 4.72 Å². The molecule has 0 spiro atoms. The van der Waals surface area contributed by atoms with E-state index < -0.39 is 16.1 Å². The van der Waals surface area contributed by atoms with Crippen LogP contribution in [0.4, 0.5) is 5.69 Å². The van der Waals surface area contributed by atoms with Gasteiger partial charge in [-0.15, -0.1) is 0 Å². The molecule has 0 aromatic heterocycles. The summed E-state index contributed by atoms with van der Waals surface area (Å²) in [4.78, 5) is 16.7. The van der Waals surface area contributed by atoms with Crippen molar-refractivity contribution in [3.05, 3.63) is 54.6 Å². The number of methoxy groups -OCH3 is 1. The highest BCUT2D eigenvalue weighted by molar-refractivity contribution is 7.89. The summed E-state index contributed by atoms with van der Waals surface area (Å²) in [7, 11) is -2.09. The van der Waals surface area contributed by atoms with Crippen LogP contribution in [-0.2, 0) is 14.8 Å². The van der Waals surface area contributed by atoms with E-state index in [1.165, 1.54) is 12.1 Å². The lowest BCUT2D eigenvalue weighted by Crippen LogP contribution is -2.54. The van der Waals surface area contributed by atoms with Gasteiger partial charge in [0.2, 0.25) is 15.9 Å². The van der Waals surface area contributed by atoms with E-state index in [0.29, 0.717) is 26.2 Å². The lowest BCUT2D eigenvalue weighted by atomic mass is 10.2. The average molecular weight is 404 g/mol. The van der Waals surface area contributed by atoms with Crippen LogP contribution in [0.25, 0.3) is 0 Å². The van der Waals surface area contributed by atoms with Gasteiger partial charge in [0, 0.05) is 26.2 Å². The molecule has 150 valence electrons. The fourth-order valence-corrected chi connectivity index (χ4v) is 4.50. The van der Waals surface area contributed by atoms with Crippen LogP contribution >= 0.6 is 0 Å². The van der Waals surface area contributed by atoms with Crippen LogP contribution in [0, 0.1) is 0 Å². The fraction of sp³-hybridized carbons (Fsp3) is 0.350. The van der Waals surface area contributed by atoms with Gasteiger partial charge < -0.3 is 14.5 Å². The van der Waals surface area contributed by atoms with Gasteiger partial charge in [0.25, 0.3) is 0 Å². The zero-order chi connectivity index (χ0) is 20.1. The fourth-order valence-electron chi connectivity index (χ4n) is 3.28. The Balaban J connectivity index is 1.60. The Kier molecular flexibility index (Phi) is 6.21. The second-order valence-corrected chi connectivity index (χ2v) is 8.35. The molecule has 0 radical (unpaired) electrons. The Morgan fingerprint density at radius 3 is 2.25 bits per heavy atom. The maximum absolute atomic E-state index is 12.7. The number of hydrogen-bond donors (Lipinski definition) is 1. The minimum atomic E-state index is -3.73. The Hall–Kier alpha value is -2.58. The number of carbonyl (C=O) groups excluding carboxylic acids is 1. The van der Waals surface area contributed by atoms with E-state index in [4.69, 9.17) is 4.74 Å². The summed E-state index contributed by atoms with van der Waals surface area (Å²) in [6.07, 6.45) is 0. The summed E-state index contributed by atoms with van der Waals surface area (Å²) in [5.74, 6) is 0.574. The largest absolute Gasteiger partial charge is 0.495 e. The predicted molar refractivity (Wildman–Crippen MR) is 108 cm³/mol. The number of hydrogen-bond acceptors (Lipinski definition) is 5. The molecule has 1 heterocycles. The first kappa shape index (κ1) is 20.2. The van der Waals surface area contributed by atoms with E-state index in [-0.39, 0.29) is 10.8 Å². The third-order valence-corrected chi connectivity index (χ3v) is 6.33. The lowest BCUT2D eigenvalue weighted by Gasteiger charge is -2.37. The quantitative estimate of drug-likeness (QED) is 0.794. The molecule has 1 amide bonds. The average Bonchev–Trinajstić information content (AvgIpc) is 2.73. The predicted octanol–water partition coefficient (Wildman–Crippen LogP) is 1.71. The highest BCUT2D eigenvalue weighted by Crippen LogP contribution is 2.28. The van der Waals surface area contributed by atoms with E-state index in [0.717, 1.165) is 11.4 Å². The van der Waals surface area contributed by atoms with Gasteiger partial charge in [-0.05, 0) is 31.2 Å². The first-order chi connectivity index (χ1) is 13.4. The molecule has 0 bridgehead atoms. The van der Waals surface area contributed by atoms with E-state index in [2.05, 4.69) is 9.62 Å². The maximum Gasteiger partial charge on any atom is 0.241 e. The van der Waals surface area contributed by atoms with Crippen molar-refractivity contribution in [2.24, 2.45) is 0 Å². The number of piperazine rings is 1. The normalized spacial score (nSPS) is 15.9. The Labute approximate surface area is 166 Å². The molecule has 1 atom stereocenters. The number of anilines is 1. The number of carbonyl (C=O) groups is 1. The summed E-state index contributed by atoms with van der Waals surface area (Å²) < 4.78 is 32.8. The molecule has 1 aliphatic heterocycles. The van der Waals surface area contributed by atoms with Crippen molar-refractivity contribution in [2.45, 2.75) is 17.9 Å². The van der Waals surface area contributed by atoms with E-state index >= 15 is 0 Å². The molecular weight excluding hydrogens is 378 g/mol. The smallest absolute Gasteiger partial charge is 0.241 e. The SMILES string of the molecule is COc1ccccc1N1CCN(C(=O)[C@H](C)NS(=O)(=O)c2ccccc2)CC1. The van der Waals surface area contributed by atoms with Crippen molar-refractivity contribution in [3.8, 4) is 5.75 Å². The van der Waals surface area contributed by atoms with E-state index in [1.807, 2.05) is 24.3 Å². The zero-order valence-corrected chi connectivity index (χ0v) is 16.9. The Bertz CT molecular complexity index is 910. The number of sulfonamides is 1. The van der Waals surface area contributed by atoms with Gasteiger partial charge in [-0.1, -0.05) is 30.3 Å². The molecule has 7 nitrogen and oxygen atoms in total. The molecule has 1 aliphatic rings. The summed E-state index contributed by atoms with van der Waals surface area (Å²) in [6, 6.07) is 15.0. The number of amides is 1. The van der Waals surface area contributed by atoms with E-state index in [1.54, 1.807) is 37.1 Å². The number of rotatable bonds is 6. The van der Waals surface area contributed by atoms with Crippen LogP contribution in [-0.4, -0.2) is 58.6 Å². The number of nitrogens with zero attached hydrogens (tertiary/aromatic N) is 2. The third kappa shape index (κ3) is 4.45. The van der Waals surface area contributed by atoms with Crippen LogP contribution in [0.15, 0.2) is 59.5 Å². The molecule has 8 heteroatoms. The van der Waals surface area contributed by atoms with Crippen LogP contribution in [0.1, 0.15) is 6.92 Å². The Morgan fingerprint density at radius 2 is 1.61 bits per heavy atom. The molecule has 0 aliphatic carbocycles. The molecule has 0 saturated carbocycles. The molecule has 1 saturated heterocycles. The molecular formula is C20H25N3O4S.